The van der Waals surface area contributed by atoms with Crippen molar-refractivity contribution in [1.82, 2.24) is 0 Å². The quantitative estimate of drug-likeness (QED) is 0.819. The summed E-state index contributed by atoms with van der Waals surface area (Å²) in [4.78, 5) is 12.6. The van der Waals surface area contributed by atoms with Crippen LogP contribution in [0.2, 0.25) is 0 Å². The molecule has 0 unspecified atom stereocenters. The zero-order valence-corrected chi connectivity index (χ0v) is 15.6. The van der Waals surface area contributed by atoms with Crippen LogP contribution in [0.4, 0.5) is 16.2 Å². The van der Waals surface area contributed by atoms with E-state index >= 15 is 0 Å². The number of hydrogen-bond acceptors (Lipinski definition) is 3. The summed E-state index contributed by atoms with van der Waals surface area (Å²) >= 11 is 0. The Morgan fingerprint density at radius 3 is 1.65 bits per heavy atom. The normalized spacial score (nSPS) is 18.3. The Bertz CT molecular complexity index is 815. The third-order valence-corrected chi connectivity index (χ3v) is 4.68. The molecule has 0 saturated heterocycles. The van der Waals surface area contributed by atoms with E-state index in [1.807, 2.05) is 64.1 Å². The molecule has 26 heavy (non-hydrogen) atoms. The fourth-order valence-corrected chi connectivity index (χ4v) is 3.70. The molecule has 0 fully saturated rings. The van der Waals surface area contributed by atoms with Gasteiger partial charge in [0.25, 0.3) is 0 Å². The molecule has 0 aromatic heterocycles. The van der Waals surface area contributed by atoms with E-state index < -0.39 is 0 Å². The van der Waals surface area contributed by atoms with E-state index in [9.17, 15) is 4.79 Å². The zero-order valence-electron chi connectivity index (χ0n) is 15.6. The van der Waals surface area contributed by atoms with Crippen LogP contribution in [0, 0.1) is 0 Å². The van der Waals surface area contributed by atoms with Gasteiger partial charge in [0.15, 0.2) is 0 Å². The summed E-state index contributed by atoms with van der Waals surface area (Å²) in [7, 11) is 0. The number of carbonyl (C=O) groups excluding carboxylic acids is 1. The fraction of sp³-hybridized carbons (Fsp3) is 0.381. The van der Waals surface area contributed by atoms with Gasteiger partial charge in [-0.05, 0) is 39.8 Å². The average Bonchev–Trinajstić information content (AvgIpc) is 3.02. The average molecular weight is 352 g/mol. The third-order valence-electron chi connectivity index (χ3n) is 4.68. The van der Waals surface area contributed by atoms with Gasteiger partial charge in [-0.3, -0.25) is 0 Å². The van der Waals surface area contributed by atoms with Gasteiger partial charge in [0.2, 0.25) is 0 Å². The lowest BCUT2D eigenvalue weighted by Gasteiger charge is -2.19. The molecule has 2 aromatic rings. The first-order chi connectivity index (χ1) is 12.2. The molecule has 5 heteroatoms. The maximum Gasteiger partial charge on any atom is 0.323 e. The second-order valence-electron chi connectivity index (χ2n) is 8.24. The number of para-hydroxylation sites is 2. The molecule has 0 bridgehead atoms. The maximum absolute atomic E-state index is 12.6. The molecule has 4 rings (SSSR count). The van der Waals surface area contributed by atoms with Gasteiger partial charge in [-0.1, -0.05) is 24.3 Å². The number of rotatable bonds is 2. The third kappa shape index (κ3) is 3.09. The molecule has 2 amide bonds. The SMILES string of the molecule is CC1(C)Cc2cccc(NC(=O)Nc3cccc4c3OC(C)(C)C4)c2O1. The molecular weight excluding hydrogens is 328 g/mol. The second-order valence-corrected chi connectivity index (χ2v) is 8.24. The van der Waals surface area contributed by atoms with Crippen molar-refractivity contribution in [1.29, 1.82) is 0 Å². The molecule has 2 aliphatic rings. The Morgan fingerprint density at radius 2 is 1.23 bits per heavy atom. The van der Waals surface area contributed by atoms with Crippen LogP contribution in [0.5, 0.6) is 11.5 Å². The van der Waals surface area contributed by atoms with E-state index in [2.05, 4.69) is 10.6 Å². The number of ether oxygens (including phenoxy) is 2. The van der Waals surface area contributed by atoms with Crippen LogP contribution in [0.1, 0.15) is 38.8 Å². The van der Waals surface area contributed by atoms with Gasteiger partial charge in [0, 0.05) is 24.0 Å². The van der Waals surface area contributed by atoms with Crippen molar-refractivity contribution in [2.24, 2.45) is 0 Å². The molecular formula is C21H24N2O3. The van der Waals surface area contributed by atoms with Crippen LogP contribution in [0.25, 0.3) is 0 Å². The molecule has 2 aromatic carbocycles. The van der Waals surface area contributed by atoms with Gasteiger partial charge >= 0.3 is 6.03 Å². The maximum atomic E-state index is 12.6. The number of carbonyl (C=O) groups is 1. The van der Waals surface area contributed by atoms with Gasteiger partial charge in [0.1, 0.15) is 22.7 Å². The molecule has 0 spiro atoms. The predicted octanol–water partition coefficient (Wildman–Crippen LogP) is 4.76. The van der Waals surface area contributed by atoms with E-state index in [1.165, 1.54) is 0 Å². The first-order valence-corrected chi connectivity index (χ1v) is 8.92. The molecule has 0 atom stereocenters. The molecule has 136 valence electrons. The Hall–Kier alpha value is -2.69. The fourth-order valence-electron chi connectivity index (χ4n) is 3.70. The van der Waals surface area contributed by atoms with Crippen molar-refractivity contribution < 1.29 is 14.3 Å². The van der Waals surface area contributed by atoms with Crippen molar-refractivity contribution in [3.8, 4) is 11.5 Å². The highest BCUT2D eigenvalue weighted by molar-refractivity contribution is 6.02. The molecule has 0 aliphatic carbocycles. The Morgan fingerprint density at radius 1 is 0.808 bits per heavy atom. The lowest BCUT2D eigenvalue weighted by molar-refractivity contribution is 0.139. The molecule has 2 N–H and O–H groups in total. The number of hydrogen-bond donors (Lipinski definition) is 2. The van der Waals surface area contributed by atoms with Crippen LogP contribution in [0.15, 0.2) is 36.4 Å². The molecule has 0 saturated carbocycles. The summed E-state index contributed by atoms with van der Waals surface area (Å²) in [5.41, 5.74) is 3.07. The standard InChI is InChI=1S/C21H24N2O3/c1-20(2)11-13-7-5-9-15(17(13)25-20)22-19(24)23-16-10-6-8-14-12-21(3,4)26-18(14)16/h5-10H,11-12H2,1-4H3,(H2,22,23,24). The lowest BCUT2D eigenvalue weighted by Crippen LogP contribution is -2.26. The summed E-state index contributed by atoms with van der Waals surface area (Å²) in [6.45, 7) is 8.18. The Balaban J connectivity index is 1.53. The topological polar surface area (TPSA) is 59.6 Å². The van der Waals surface area contributed by atoms with Gasteiger partial charge in [-0.15, -0.1) is 0 Å². The van der Waals surface area contributed by atoms with Crippen LogP contribution >= 0.6 is 0 Å². The number of nitrogens with one attached hydrogen (secondary N) is 2. The smallest absolute Gasteiger partial charge is 0.323 e. The van der Waals surface area contributed by atoms with Crippen molar-refractivity contribution in [3.63, 3.8) is 0 Å². The van der Waals surface area contributed by atoms with E-state index in [-0.39, 0.29) is 17.2 Å². The molecule has 5 nitrogen and oxygen atoms in total. The van der Waals surface area contributed by atoms with Gasteiger partial charge < -0.3 is 20.1 Å². The van der Waals surface area contributed by atoms with Gasteiger partial charge in [-0.25, -0.2) is 4.79 Å². The van der Waals surface area contributed by atoms with Crippen LogP contribution in [-0.2, 0) is 12.8 Å². The van der Waals surface area contributed by atoms with Crippen molar-refractivity contribution in [3.05, 3.63) is 47.5 Å². The number of fused-ring (bicyclic) bond motifs is 2. The highest BCUT2D eigenvalue weighted by Crippen LogP contribution is 2.42. The monoisotopic (exact) mass is 352 g/mol. The molecule has 2 aliphatic heterocycles. The van der Waals surface area contributed by atoms with Crippen LogP contribution in [-0.4, -0.2) is 17.2 Å². The minimum Gasteiger partial charge on any atom is -0.485 e. The predicted molar refractivity (Wildman–Crippen MR) is 102 cm³/mol. The van der Waals surface area contributed by atoms with Gasteiger partial charge in [-0.2, -0.15) is 0 Å². The van der Waals surface area contributed by atoms with Crippen molar-refractivity contribution >= 4 is 17.4 Å². The summed E-state index contributed by atoms with van der Waals surface area (Å²) in [6, 6.07) is 11.3. The zero-order chi connectivity index (χ0) is 18.5. The summed E-state index contributed by atoms with van der Waals surface area (Å²) in [5, 5.41) is 5.82. The van der Waals surface area contributed by atoms with E-state index in [0.717, 1.165) is 35.5 Å². The van der Waals surface area contributed by atoms with Crippen LogP contribution < -0.4 is 20.1 Å². The lowest BCUT2D eigenvalue weighted by atomic mass is 10.0. The van der Waals surface area contributed by atoms with Crippen molar-refractivity contribution in [2.75, 3.05) is 10.6 Å². The summed E-state index contributed by atoms with van der Waals surface area (Å²) < 4.78 is 12.0. The van der Waals surface area contributed by atoms with E-state index in [1.54, 1.807) is 0 Å². The van der Waals surface area contributed by atoms with Crippen LogP contribution in [0.3, 0.4) is 0 Å². The highest BCUT2D eigenvalue weighted by Gasteiger charge is 2.33. The second kappa shape index (κ2) is 5.66. The molecule has 0 radical (unpaired) electrons. The number of amides is 2. The first-order valence-electron chi connectivity index (χ1n) is 8.92. The Kier molecular flexibility index (Phi) is 3.65. The van der Waals surface area contributed by atoms with Crippen molar-refractivity contribution in [2.45, 2.75) is 51.7 Å². The van der Waals surface area contributed by atoms with E-state index in [0.29, 0.717) is 11.4 Å². The van der Waals surface area contributed by atoms with E-state index in [4.69, 9.17) is 9.47 Å². The largest absolute Gasteiger partial charge is 0.485 e. The number of urea groups is 1. The minimum absolute atomic E-state index is 0.254. The first kappa shape index (κ1) is 16.8. The Labute approximate surface area is 153 Å². The highest BCUT2D eigenvalue weighted by atomic mass is 16.5. The number of benzene rings is 2. The summed E-state index contributed by atoms with van der Waals surface area (Å²) in [6.07, 6.45) is 1.66. The van der Waals surface area contributed by atoms with Gasteiger partial charge in [0.05, 0.1) is 11.4 Å². The minimum atomic E-state index is -0.312. The number of anilines is 2. The molecule has 2 heterocycles. The summed E-state index contributed by atoms with van der Waals surface area (Å²) in [5.74, 6) is 1.51.